The van der Waals surface area contributed by atoms with E-state index < -0.39 is 0 Å². The summed E-state index contributed by atoms with van der Waals surface area (Å²) in [5.41, 5.74) is 2.46. The minimum atomic E-state index is -0.245. The summed E-state index contributed by atoms with van der Waals surface area (Å²) in [6, 6.07) is 20.6. The fraction of sp³-hybridized carbons (Fsp3) is 0.235. The Balaban J connectivity index is 2.11. The van der Waals surface area contributed by atoms with Gasteiger partial charge < -0.3 is 10.1 Å². The maximum absolute atomic E-state index is 11.2. The number of carbonyl (C=O) groups excluding carboxylic acids is 1. The lowest BCUT2D eigenvalue weighted by molar-refractivity contribution is -0.139. The molecule has 2 rings (SSSR count). The van der Waals surface area contributed by atoms with Crippen LogP contribution in [0.4, 0.5) is 0 Å². The largest absolute Gasteiger partial charge is 0.468 e. The molecule has 0 radical (unpaired) electrons. The lowest BCUT2D eigenvalue weighted by atomic mass is 9.91. The van der Waals surface area contributed by atoms with Crippen LogP contribution in [0, 0.1) is 0 Å². The van der Waals surface area contributed by atoms with E-state index in [9.17, 15) is 4.79 Å². The summed E-state index contributed by atoms with van der Waals surface area (Å²) in [6.07, 6.45) is 0. The molecule has 2 aromatic rings. The van der Waals surface area contributed by atoms with Gasteiger partial charge in [-0.05, 0) is 11.1 Å². The van der Waals surface area contributed by atoms with Crippen LogP contribution in [0.5, 0.6) is 0 Å². The fourth-order valence-electron chi connectivity index (χ4n) is 2.19. The molecule has 0 amide bonds. The van der Waals surface area contributed by atoms with Gasteiger partial charge in [-0.1, -0.05) is 60.7 Å². The molecule has 0 saturated heterocycles. The minimum Gasteiger partial charge on any atom is -0.468 e. The molecule has 0 fully saturated rings. The highest BCUT2D eigenvalue weighted by molar-refractivity contribution is 5.71. The first-order chi connectivity index (χ1) is 9.81. The molecule has 0 atom stereocenters. The number of hydrogen-bond acceptors (Lipinski definition) is 3. The van der Waals surface area contributed by atoms with E-state index in [0.717, 1.165) is 0 Å². The molecular weight excluding hydrogens is 250 g/mol. The van der Waals surface area contributed by atoms with Crippen LogP contribution < -0.4 is 5.32 Å². The normalized spacial score (nSPS) is 10.5. The van der Waals surface area contributed by atoms with Gasteiger partial charge in [0.1, 0.15) is 0 Å². The first kappa shape index (κ1) is 14.3. The van der Waals surface area contributed by atoms with E-state index in [1.165, 1.54) is 18.2 Å². The first-order valence-corrected chi connectivity index (χ1v) is 6.68. The molecule has 104 valence electrons. The molecule has 20 heavy (non-hydrogen) atoms. The van der Waals surface area contributed by atoms with Gasteiger partial charge in [0, 0.05) is 12.5 Å². The number of ether oxygens (including phenoxy) is 1. The van der Waals surface area contributed by atoms with E-state index in [0.29, 0.717) is 6.54 Å². The van der Waals surface area contributed by atoms with Crippen molar-refractivity contribution in [1.29, 1.82) is 0 Å². The Labute approximate surface area is 119 Å². The summed E-state index contributed by atoms with van der Waals surface area (Å²) in [4.78, 5) is 11.2. The third-order valence-corrected chi connectivity index (χ3v) is 3.25. The number of esters is 1. The predicted molar refractivity (Wildman–Crippen MR) is 79.6 cm³/mol. The minimum absolute atomic E-state index is 0.224. The molecule has 2 aromatic carbocycles. The van der Waals surface area contributed by atoms with Gasteiger partial charge in [0.2, 0.25) is 0 Å². The van der Waals surface area contributed by atoms with E-state index >= 15 is 0 Å². The van der Waals surface area contributed by atoms with Crippen LogP contribution in [0.1, 0.15) is 17.0 Å². The van der Waals surface area contributed by atoms with Crippen LogP contribution in [0.2, 0.25) is 0 Å². The van der Waals surface area contributed by atoms with Gasteiger partial charge in [-0.25, -0.2) is 0 Å². The quantitative estimate of drug-likeness (QED) is 0.819. The van der Waals surface area contributed by atoms with E-state index in [1.54, 1.807) is 0 Å². The SMILES string of the molecule is COC(=O)CNCC(c1ccccc1)c1ccccc1. The molecule has 0 aliphatic carbocycles. The van der Waals surface area contributed by atoms with Crippen molar-refractivity contribution < 1.29 is 9.53 Å². The Morgan fingerprint density at radius 3 is 1.95 bits per heavy atom. The van der Waals surface area contributed by atoms with Crippen LogP contribution >= 0.6 is 0 Å². The number of hydrogen-bond donors (Lipinski definition) is 1. The molecule has 0 bridgehead atoms. The van der Waals surface area contributed by atoms with E-state index in [1.807, 2.05) is 36.4 Å². The van der Waals surface area contributed by atoms with Crippen LogP contribution in [0.25, 0.3) is 0 Å². The predicted octanol–water partition coefficient (Wildman–Crippen LogP) is 2.58. The van der Waals surface area contributed by atoms with Crippen LogP contribution in [-0.4, -0.2) is 26.2 Å². The number of rotatable bonds is 6. The Morgan fingerprint density at radius 1 is 1.00 bits per heavy atom. The van der Waals surface area contributed by atoms with Crippen molar-refractivity contribution in [1.82, 2.24) is 5.32 Å². The summed E-state index contributed by atoms with van der Waals surface area (Å²) in [6.45, 7) is 0.926. The first-order valence-electron chi connectivity index (χ1n) is 6.68. The van der Waals surface area contributed by atoms with Gasteiger partial charge in [-0.2, -0.15) is 0 Å². The van der Waals surface area contributed by atoms with Gasteiger partial charge >= 0.3 is 5.97 Å². The molecule has 0 aliphatic heterocycles. The zero-order chi connectivity index (χ0) is 14.2. The highest BCUT2D eigenvalue weighted by Gasteiger charge is 2.13. The Bertz CT molecular complexity index is 486. The number of carbonyl (C=O) groups is 1. The van der Waals surface area contributed by atoms with Crippen molar-refractivity contribution in [3.05, 3.63) is 71.8 Å². The summed E-state index contributed by atoms with van der Waals surface area (Å²) in [5.74, 6) is -0.0214. The molecule has 3 heteroatoms. The van der Waals surface area contributed by atoms with E-state index in [2.05, 4.69) is 34.3 Å². The smallest absolute Gasteiger partial charge is 0.319 e. The van der Waals surface area contributed by atoms with Crippen LogP contribution in [0.3, 0.4) is 0 Å². The van der Waals surface area contributed by atoms with Gasteiger partial charge in [-0.15, -0.1) is 0 Å². The van der Waals surface area contributed by atoms with Crippen molar-refractivity contribution in [2.24, 2.45) is 0 Å². The van der Waals surface area contributed by atoms with E-state index in [-0.39, 0.29) is 18.4 Å². The second-order valence-corrected chi connectivity index (χ2v) is 4.58. The third kappa shape index (κ3) is 3.93. The lowest BCUT2D eigenvalue weighted by Gasteiger charge is -2.18. The molecule has 0 aliphatic rings. The third-order valence-electron chi connectivity index (χ3n) is 3.25. The molecule has 0 heterocycles. The highest BCUT2D eigenvalue weighted by Crippen LogP contribution is 2.23. The van der Waals surface area contributed by atoms with Gasteiger partial charge in [0.05, 0.1) is 13.7 Å². The Hall–Kier alpha value is -2.13. The van der Waals surface area contributed by atoms with Gasteiger partial charge in [0.15, 0.2) is 0 Å². The second kappa shape index (κ2) is 7.46. The van der Waals surface area contributed by atoms with Crippen molar-refractivity contribution in [3.8, 4) is 0 Å². The monoisotopic (exact) mass is 269 g/mol. The summed E-state index contributed by atoms with van der Waals surface area (Å²) in [7, 11) is 1.40. The molecule has 1 N–H and O–H groups in total. The highest BCUT2D eigenvalue weighted by atomic mass is 16.5. The molecule has 0 aromatic heterocycles. The summed E-state index contributed by atoms with van der Waals surface area (Å²) >= 11 is 0. The zero-order valence-electron chi connectivity index (χ0n) is 11.6. The van der Waals surface area contributed by atoms with Crippen LogP contribution in [0.15, 0.2) is 60.7 Å². The molecule has 0 saturated carbocycles. The Kier molecular flexibility index (Phi) is 5.33. The Morgan fingerprint density at radius 2 is 1.50 bits per heavy atom. The molecular formula is C17H19NO2. The van der Waals surface area contributed by atoms with Crippen molar-refractivity contribution in [3.63, 3.8) is 0 Å². The topological polar surface area (TPSA) is 38.3 Å². The van der Waals surface area contributed by atoms with Gasteiger partial charge in [-0.3, -0.25) is 4.79 Å². The summed E-state index contributed by atoms with van der Waals surface area (Å²) < 4.78 is 4.64. The van der Waals surface area contributed by atoms with E-state index in [4.69, 9.17) is 0 Å². The van der Waals surface area contributed by atoms with Crippen LogP contribution in [-0.2, 0) is 9.53 Å². The standard InChI is InChI=1S/C17H19NO2/c1-20-17(19)13-18-12-16(14-8-4-2-5-9-14)15-10-6-3-7-11-15/h2-11,16,18H,12-13H2,1H3. The van der Waals surface area contributed by atoms with Gasteiger partial charge in [0.25, 0.3) is 0 Å². The maximum atomic E-state index is 11.2. The van der Waals surface area contributed by atoms with Crippen molar-refractivity contribution >= 4 is 5.97 Å². The number of benzene rings is 2. The number of nitrogens with one attached hydrogen (secondary N) is 1. The zero-order valence-corrected chi connectivity index (χ0v) is 11.6. The maximum Gasteiger partial charge on any atom is 0.319 e. The fourth-order valence-corrected chi connectivity index (χ4v) is 2.19. The van der Waals surface area contributed by atoms with Crippen molar-refractivity contribution in [2.75, 3.05) is 20.2 Å². The average Bonchev–Trinajstić information content (AvgIpc) is 2.53. The molecule has 0 spiro atoms. The second-order valence-electron chi connectivity index (χ2n) is 4.58. The molecule has 0 unspecified atom stereocenters. The number of methoxy groups -OCH3 is 1. The van der Waals surface area contributed by atoms with Crippen molar-refractivity contribution in [2.45, 2.75) is 5.92 Å². The lowest BCUT2D eigenvalue weighted by Crippen LogP contribution is -2.28. The average molecular weight is 269 g/mol. The summed E-state index contributed by atoms with van der Waals surface area (Å²) in [5, 5.41) is 3.16. The molecule has 3 nitrogen and oxygen atoms in total.